The highest BCUT2D eigenvalue weighted by Gasteiger charge is 2.18. The van der Waals surface area contributed by atoms with Crippen molar-refractivity contribution in [3.05, 3.63) is 72.4 Å². The maximum absolute atomic E-state index is 10.3. The molecule has 3 aromatic rings. The molecule has 0 bridgehead atoms. The molecule has 1 aliphatic rings. The molecule has 0 amide bonds. The minimum absolute atomic E-state index is 0.345. The third kappa shape index (κ3) is 4.10. The number of pyridine rings is 1. The minimum Gasteiger partial charge on any atom is -0.508 e. The third-order valence-electron chi connectivity index (χ3n) is 5.24. The molecule has 5 nitrogen and oxygen atoms in total. The fourth-order valence-corrected chi connectivity index (χ4v) is 3.60. The number of phenols is 1. The van der Waals surface area contributed by atoms with Crippen molar-refractivity contribution in [3.63, 3.8) is 0 Å². The van der Waals surface area contributed by atoms with Gasteiger partial charge in [0, 0.05) is 55.7 Å². The summed E-state index contributed by atoms with van der Waals surface area (Å²) in [5.74, 6) is 1.22. The van der Waals surface area contributed by atoms with Crippen LogP contribution in [0.5, 0.6) is 11.5 Å². The summed E-state index contributed by atoms with van der Waals surface area (Å²) in [5.41, 5.74) is 4.12. The number of ether oxygens (including phenoxy) is 1. The zero-order valence-corrected chi connectivity index (χ0v) is 16.1. The van der Waals surface area contributed by atoms with Gasteiger partial charge in [0.25, 0.3) is 0 Å². The predicted molar refractivity (Wildman–Crippen MR) is 112 cm³/mol. The summed E-state index contributed by atoms with van der Waals surface area (Å²) in [5, 5.41) is 10.3. The fourth-order valence-electron chi connectivity index (χ4n) is 3.60. The first kappa shape index (κ1) is 18.3. The van der Waals surface area contributed by atoms with Crippen molar-refractivity contribution < 1.29 is 9.84 Å². The molecule has 0 saturated carbocycles. The number of nitrogens with zero attached hydrogens (tertiary/aromatic N) is 3. The highest BCUT2D eigenvalue weighted by atomic mass is 16.5. The lowest BCUT2D eigenvalue weighted by Gasteiger charge is -2.36. The molecule has 0 radical (unpaired) electrons. The van der Waals surface area contributed by atoms with E-state index >= 15 is 0 Å². The average Bonchev–Trinajstić information content (AvgIpc) is 2.76. The van der Waals surface area contributed by atoms with Crippen molar-refractivity contribution in [3.8, 4) is 22.8 Å². The van der Waals surface area contributed by atoms with E-state index in [4.69, 9.17) is 4.74 Å². The summed E-state index contributed by atoms with van der Waals surface area (Å²) >= 11 is 0. The highest BCUT2D eigenvalue weighted by Crippen LogP contribution is 2.27. The Labute approximate surface area is 165 Å². The Kier molecular flexibility index (Phi) is 5.44. The van der Waals surface area contributed by atoms with Crippen molar-refractivity contribution in [1.82, 2.24) is 9.88 Å². The molecular weight excluding hydrogens is 350 g/mol. The molecule has 4 rings (SSSR count). The van der Waals surface area contributed by atoms with Gasteiger partial charge in [-0.25, -0.2) is 0 Å². The zero-order valence-electron chi connectivity index (χ0n) is 16.1. The van der Waals surface area contributed by atoms with Crippen molar-refractivity contribution in [2.75, 3.05) is 38.2 Å². The van der Waals surface area contributed by atoms with Crippen LogP contribution in [0.15, 0.2) is 66.9 Å². The Balaban J connectivity index is 1.40. The number of aromatic hydroxyl groups is 1. The van der Waals surface area contributed by atoms with Crippen molar-refractivity contribution >= 4 is 5.69 Å². The van der Waals surface area contributed by atoms with Crippen LogP contribution in [-0.4, -0.2) is 48.3 Å². The quantitative estimate of drug-likeness (QED) is 0.735. The van der Waals surface area contributed by atoms with E-state index in [1.807, 2.05) is 42.5 Å². The number of benzene rings is 2. The molecule has 2 aromatic carbocycles. The third-order valence-corrected chi connectivity index (χ3v) is 5.24. The number of piperazine rings is 1. The van der Waals surface area contributed by atoms with Crippen LogP contribution in [0.4, 0.5) is 5.69 Å². The lowest BCUT2D eigenvalue weighted by Crippen LogP contribution is -2.45. The fraction of sp³-hybridized carbons (Fsp3) is 0.261. The van der Waals surface area contributed by atoms with E-state index in [9.17, 15) is 5.11 Å². The van der Waals surface area contributed by atoms with Gasteiger partial charge in [-0.1, -0.05) is 6.07 Å². The first-order chi connectivity index (χ1) is 13.7. The van der Waals surface area contributed by atoms with E-state index < -0.39 is 0 Å². The molecule has 0 aliphatic carbocycles. The standard InChI is InChI=1S/C23H25N3O2/c1-28-21-8-6-20(7-9-21)26-14-12-25(13-15-26)17-19-16-18(5-10-23(19)27)22-4-2-3-11-24-22/h2-11,16,27H,12-15,17H2,1H3. The molecule has 0 spiro atoms. The molecule has 28 heavy (non-hydrogen) atoms. The largest absolute Gasteiger partial charge is 0.508 e. The van der Waals surface area contributed by atoms with E-state index in [-0.39, 0.29) is 0 Å². The van der Waals surface area contributed by atoms with Crippen molar-refractivity contribution in [1.29, 1.82) is 0 Å². The van der Waals surface area contributed by atoms with Crippen molar-refractivity contribution in [2.24, 2.45) is 0 Å². The topological polar surface area (TPSA) is 48.8 Å². The van der Waals surface area contributed by atoms with Crippen LogP contribution in [-0.2, 0) is 6.54 Å². The van der Waals surface area contributed by atoms with Crippen LogP contribution in [0.1, 0.15) is 5.56 Å². The molecule has 1 N–H and O–H groups in total. The summed E-state index contributed by atoms with van der Waals surface area (Å²) in [6, 6.07) is 19.8. The van der Waals surface area contributed by atoms with Crippen LogP contribution < -0.4 is 9.64 Å². The van der Waals surface area contributed by atoms with Crippen LogP contribution >= 0.6 is 0 Å². The molecule has 5 heteroatoms. The number of hydrogen-bond donors (Lipinski definition) is 1. The van der Waals surface area contributed by atoms with E-state index in [2.05, 4.69) is 26.9 Å². The molecular formula is C23H25N3O2. The van der Waals surface area contributed by atoms with Gasteiger partial charge in [0.2, 0.25) is 0 Å². The lowest BCUT2D eigenvalue weighted by molar-refractivity contribution is 0.247. The monoisotopic (exact) mass is 375 g/mol. The Morgan fingerprint density at radius 2 is 1.75 bits per heavy atom. The number of methoxy groups -OCH3 is 1. The normalized spacial score (nSPS) is 14.8. The molecule has 2 heterocycles. The van der Waals surface area contributed by atoms with E-state index in [0.717, 1.165) is 55.3 Å². The first-order valence-electron chi connectivity index (χ1n) is 9.57. The second kappa shape index (κ2) is 8.31. The molecule has 1 aliphatic heterocycles. The van der Waals surface area contributed by atoms with Gasteiger partial charge >= 0.3 is 0 Å². The molecule has 1 saturated heterocycles. The molecule has 1 aromatic heterocycles. The Bertz CT molecular complexity index is 905. The van der Waals surface area contributed by atoms with Crippen LogP contribution in [0.25, 0.3) is 11.3 Å². The number of hydrogen-bond acceptors (Lipinski definition) is 5. The van der Waals surface area contributed by atoms with Gasteiger partial charge in [0.15, 0.2) is 0 Å². The molecule has 144 valence electrons. The van der Waals surface area contributed by atoms with Gasteiger partial charge in [-0.05, 0) is 54.6 Å². The number of rotatable bonds is 5. The Hall–Kier alpha value is -3.05. The maximum atomic E-state index is 10.3. The second-order valence-electron chi connectivity index (χ2n) is 7.02. The van der Waals surface area contributed by atoms with Crippen molar-refractivity contribution in [2.45, 2.75) is 6.54 Å². The molecule has 0 unspecified atom stereocenters. The van der Waals surface area contributed by atoms with Gasteiger partial charge in [-0.2, -0.15) is 0 Å². The van der Waals surface area contributed by atoms with Gasteiger partial charge < -0.3 is 14.7 Å². The summed E-state index contributed by atoms with van der Waals surface area (Å²) in [6.07, 6.45) is 1.79. The molecule has 0 atom stereocenters. The Morgan fingerprint density at radius 1 is 0.964 bits per heavy atom. The zero-order chi connectivity index (χ0) is 19.3. The summed E-state index contributed by atoms with van der Waals surface area (Å²) in [4.78, 5) is 9.19. The SMILES string of the molecule is COc1ccc(N2CCN(Cc3cc(-c4ccccn4)ccc3O)CC2)cc1. The molecule has 1 fully saturated rings. The van der Waals surface area contributed by atoms with Gasteiger partial charge in [-0.3, -0.25) is 9.88 Å². The average molecular weight is 375 g/mol. The van der Waals surface area contributed by atoms with Crippen LogP contribution in [0.3, 0.4) is 0 Å². The highest BCUT2D eigenvalue weighted by molar-refractivity contribution is 5.61. The maximum Gasteiger partial charge on any atom is 0.120 e. The number of anilines is 1. The Morgan fingerprint density at radius 3 is 2.43 bits per heavy atom. The lowest BCUT2D eigenvalue weighted by atomic mass is 10.1. The van der Waals surface area contributed by atoms with Crippen LogP contribution in [0.2, 0.25) is 0 Å². The summed E-state index contributed by atoms with van der Waals surface area (Å²) in [7, 11) is 1.69. The number of phenolic OH excluding ortho intramolecular Hbond substituents is 1. The van der Waals surface area contributed by atoms with Gasteiger partial charge in [0.1, 0.15) is 11.5 Å². The summed E-state index contributed by atoms with van der Waals surface area (Å²) in [6.45, 7) is 4.58. The smallest absolute Gasteiger partial charge is 0.120 e. The van der Waals surface area contributed by atoms with Gasteiger partial charge in [0.05, 0.1) is 12.8 Å². The predicted octanol–water partition coefficient (Wildman–Crippen LogP) is 3.79. The van der Waals surface area contributed by atoms with E-state index in [1.165, 1.54) is 5.69 Å². The van der Waals surface area contributed by atoms with Gasteiger partial charge in [-0.15, -0.1) is 0 Å². The second-order valence-corrected chi connectivity index (χ2v) is 7.02. The first-order valence-corrected chi connectivity index (χ1v) is 9.57. The minimum atomic E-state index is 0.345. The van der Waals surface area contributed by atoms with E-state index in [0.29, 0.717) is 5.75 Å². The number of aromatic nitrogens is 1. The van der Waals surface area contributed by atoms with E-state index in [1.54, 1.807) is 19.4 Å². The summed E-state index contributed by atoms with van der Waals surface area (Å²) < 4.78 is 5.24. The van der Waals surface area contributed by atoms with Crippen LogP contribution in [0, 0.1) is 0 Å².